The normalized spacial score (nSPS) is 10.5. The van der Waals surface area contributed by atoms with E-state index in [2.05, 4.69) is 15.9 Å². The molecule has 0 spiro atoms. The molecule has 0 atom stereocenters. The maximum atomic E-state index is 12.1. The molecule has 1 heterocycles. The molecule has 0 radical (unpaired) electrons. The monoisotopic (exact) mass is 370 g/mol. The van der Waals surface area contributed by atoms with Gasteiger partial charge in [-0.05, 0) is 29.6 Å². The van der Waals surface area contributed by atoms with Crippen molar-refractivity contribution < 1.29 is 4.79 Å². The zero-order valence-electron chi connectivity index (χ0n) is 11.0. The van der Waals surface area contributed by atoms with Crippen LogP contribution in [0.2, 0.25) is 0 Å². The molecule has 3 nitrogen and oxygen atoms in total. The van der Waals surface area contributed by atoms with Crippen molar-refractivity contribution in [2.75, 3.05) is 18.5 Å². The molecule has 20 heavy (non-hydrogen) atoms. The first-order valence-electron chi connectivity index (χ1n) is 6.00. The lowest BCUT2D eigenvalue weighted by Gasteiger charge is -2.16. The highest BCUT2D eigenvalue weighted by atomic mass is 79.9. The first kappa shape index (κ1) is 15.4. The molecule has 106 valence electrons. The highest BCUT2D eigenvalue weighted by Gasteiger charge is 2.11. The van der Waals surface area contributed by atoms with Gasteiger partial charge < -0.3 is 10.6 Å². The van der Waals surface area contributed by atoms with Gasteiger partial charge in [0.1, 0.15) is 0 Å². The van der Waals surface area contributed by atoms with Crippen LogP contribution in [-0.4, -0.2) is 23.6 Å². The summed E-state index contributed by atoms with van der Waals surface area (Å²) in [6.45, 7) is 0.660. The fraction of sp³-hybridized carbons (Fsp3) is 0.214. The number of anilines is 1. The van der Waals surface area contributed by atoms with Gasteiger partial charge in [-0.1, -0.05) is 22.0 Å². The van der Waals surface area contributed by atoms with Crippen LogP contribution < -0.4 is 5.73 Å². The Morgan fingerprint density at radius 2 is 2.25 bits per heavy atom. The third kappa shape index (κ3) is 4.26. The van der Waals surface area contributed by atoms with Crippen LogP contribution in [0.4, 0.5) is 5.69 Å². The molecule has 2 aromatic rings. The number of hydrogen-bond donors (Lipinski definition) is 1. The predicted octanol–water partition coefficient (Wildman–Crippen LogP) is 3.84. The van der Waals surface area contributed by atoms with E-state index < -0.39 is 0 Å². The second-order valence-corrected chi connectivity index (χ2v) is 7.27. The summed E-state index contributed by atoms with van der Waals surface area (Å²) in [7, 11) is 1.83. The Bertz CT molecular complexity index is 587. The number of nitrogens with zero attached hydrogens (tertiary/aromatic N) is 1. The lowest BCUT2D eigenvalue weighted by molar-refractivity contribution is -0.127. The molecule has 0 saturated carbocycles. The number of hydrogen-bond acceptors (Lipinski definition) is 4. The van der Waals surface area contributed by atoms with Crippen molar-refractivity contribution in [2.45, 2.75) is 11.4 Å². The van der Waals surface area contributed by atoms with Crippen LogP contribution in [-0.2, 0) is 11.3 Å². The minimum Gasteiger partial charge on any atom is -0.398 e. The molecular weight excluding hydrogens is 356 g/mol. The topological polar surface area (TPSA) is 46.3 Å². The fourth-order valence-electron chi connectivity index (χ4n) is 1.62. The zero-order chi connectivity index (χ0) is 14.5. The van der Waals surface area contributed by atoms with Gasteiger partial charge in [-0.25, -0.2) is 0 Å². The number of thioether (sulfide) groups is 1. The van der Waals surface area contributed by atoms with Gasteiger partial charge in [0.15, 0.2) is 0 Å². The molecular formula is C14H15BrN2OS2. The van der Waals surface area contributed by atoms with Crippen LogP contribution in [0.3, 0.4) is 0 Å². The van der Waals surface area contributed by atoms with Gasteiger partial charge in [0.2, 0.25) is 5.91 Å². The molecule has 1 aromatic carbocycles. The second-order valence-electron chi connectivity index (χ2n) is 4.30. The Morgan fingerprint density at radius 1 is 1.45 bits per heavy atom. The Labute approximate surface area is 135 Å². The average Bonchev–Trinajstić information content (AvgIpc) is 2.90. The second kappa shape index (κ2) is 7.15. The smallest absolute Gasteiger partial charge is 0.233 e. The minimum absolute atomic E-state index is 0.103. The number of halogens is 1. The summed E-state index contributed by atoms with van der Waals surface area (Å²) in [5, 5.41) is 2.02. The molecule has 1 amide bonds. The summed E-state index contributed by atoms with van der Waals surface area (Å²) in [6.07, 6.45) is 0. The fourth-order valence-corrected chi connectivity index (χ4v) is 3.65. The van der Waals surface area contributed by atoms with Gasteiger partial charge in [0.25, 0.3) is 0 Å². The largest absolute Gasteiger partial charge is 0.398 e. The number of nitrogen functional groups attached to an aromatic ring is 1. The van der Waals surface area contributed by atoms with E-state index in [9.17, 15) is 4.79 Å². The predicted molar refractivity (Wildman–Crippen MR) is 90.1 cm³/mol. The van der Waals surface area contributed by atoms with E-state index in [1.54, 1.807) is 16.2 Å². The highest BCUT2D eigenvalue weighted by molar-refractivity contribution is 9.10. The quantitative estimate of drug-likeness (QED) is 0.642. The molecule has 2 N–H and O–H groups in total. The number of benzene rings is 1. The van der Waals surface area contributed by atoms with Crippen molar-refractivity contribution >= 4 is 50.6 Å². The third-order valence-electron chi connectivity index (χ3n) is 2.72. The summed E-state index contributed by atoms with van der Waals surface area (Å²) in [5.74, 6) is 0.499. The van der Waals surface area contributed by atoms with Crippen molar-refractivity contribution in [3.63, 3.8) is 0 Å². The van der Waals surface area contributed by atoms with Gasteiger partial charge in [0, 0.05) is 27.0 Å². The molecule has 0 aliphatic rings. The van der Waals surface area contributed by atoms with Crippen LogP contribution in [0, 0.1) is 0 Å². The number of amides is 1. The van der Waals surface area contributed by atoms with Gasteiger partial charge >= 0.3 is 0 Å². The molecule has 0 aliphatic heterocycles. The highest BCUT2D eigenvalue weighted by Crippen LogP contribution is 2.28. The summed E-state index contributed by atoms with van der Waals surface area (Å²) >= 11 is 6.50. The molecule has 0 saturated heterocycles. The molecule has 1 aromatic heterocycles. The summed E-state index contributed by atoms with van der Waals surface area (Å²) < 4.78 is 0.945. The first-order chi connectivity index (χ1) is 9.56. The molecule has 0 aliphatic carbocycles. The third-order valence-corrected chi connectivity index (χ3v) is 5.15. The lowest BCUT2D eigenvalue weighted by atomic mass is 10.3. The van der Waals surface area contributed by atoms with E-state index in [0.717, 1.165) is 9.37 Å². The van der Waals surface area contributed by atoms with Crippen molar-refractivity contribution in [3.8, 4) is 0 Å². The molecule has 0 unspecified atom stereocenters. The van der Waals surface area contributed by atoms with Crippen LogP contribution in [0.15, 0.2) is 45.1 Å². The maximum Gasteiger partial charge on any atom is 0.233 e. The SMILES string of the molecule is CN(Cc1cccs1)C(=O)CSc1ccc(Br)cc1N. The number of carbonyl (C=O) groups is 1. The summed E-state index contributed by atoms with van der Waals surface area (Å²) in [6, 6.07) is 9.74. The zero-order valence-corrected chi connectivity index (χ0v) is 14.2. The minimum atomic E-state index is 0.103. The van der Waals surface area contributed by atoms with Gasteiger partial charge in [-0.15, -0.1) is 23.1 Å². The molecule has 0 bridgehead atoms. The van der Waals surface area contributed by atoms with Crippen LogP contribution in [0.1, 0.15) is 4.88 Å². The van der Waals surface area contributed by atoms with E-state index in [1.807, 2.05) is 42.8 Å². The van der Waals surface area contributed by atoms with E-state index >= 15 is 0 Å². The van der Waals surface area contributed by atoms with E-state index in [0.29, 0.717) is 18.0 Å². The number of thiophene rings is 1. The Morgan fingerprint density at radius 3 is 2.90 bits per heavy atom. The number of nitrogens with two attached hydrogens (primary N) is 1. The van der Waals surface area contributed by atoms with E-state index in [-0.39, 0.29) is 5.91 Å². The van der Waals surface area contributed by atoms with Crippen LogP contribution in [0.5, 0.6) is 0 Å². The van der Waals surface area contributed by atoms with Crippen molar-refractivity contribution in [1.29, 1.82) is 0 Å². The first-order valence-corrected chi connectivity index (χ1v) is 8.66. The van der Waals surface area contributed by atoms with Gasteiger partial charge in [-0.2, -0.15) is 0 Å². The Hall–Kier alpha value is -0.980. The Balaban J connectivity index is 1.88. The van der Waals surface area contributed by atoms with Crippen molar-refractivity contribution in [1.82, 2.24) is 4.90 Å². The molecule has 2 rings (SSSR count). The van der Waals surface area contributed by atoms with E-state index in [4.69, 9.17) is 5.73 Å². The molecule has 0 fully saturated rings. The number of carbonyl (C=O) groups excluding carboxylic acids is 1. The standard InChI is InChI=1S/C14H15BrN2OS2/c1-17(8-11-3-2-6-19-11)14(18)9-20-13-5-4-10(15)7-12(13)16/h2-7H,8-9,16H2,1H3. The van der Waals surface area contributed by atoms with Crippen LogP contribution >= 0.6 is 39.0 Å². The van der Waals surface area contributed by atoms with Crippen molar-refractivity contribution in [3.05, 3.63) is 45.1 Å². The maximum absolute atomic E-state index is 12.1. The Kier molecular flexibility index (Phi) is 5.51. The van der Waals surface area contributed by atoms with E-state index in [1.165, 1.54) is 16.6 Å². The average molecular weight is 371 g/mol. The summed E-state index contributed by atoms with van der Waals surface area (Å²) in [5.41, 5.74) is 6.61. The number of rotatable bonds is 5. The molecule has 6 heteroatoms. The van der Waals surface area contributed by atoms with Crippen LogP contribution in [0.25, 0.3) is 0 Å². The van der Waals surface area contributed by atoms with Crippen molar-refractivity contribution in [2.24, 2.45) is 0 Å². The summed E-state index contributed by atoms with van der Waals surface area (Å²) in [4.78, 5) is 15.9. The van der Waals surface area contributed by atoms with Gasteiger partial charge in [-0.3, -0.25) is 4.79 Å². The lowest BCUT2D eigenvalue weighted by Crippen LogP contribution is -2.27. The van der Waals surface area contributed by atoms with Gasteiger partial charge in [0.05, 0.1) is 12.3 Å².